The van der Waals surface area contributed by atoms with Crippen LogP contribution in [0.5, 0.6) is 0 Å². The third-order valence-electron chi connectivity index (χ3n) is 5.80. The lowest BCUT2D eigenvalue weighted by Gasteiger charge is -2.32. The van der Waals surface area contributed by atoms with Gasteiger partial charge in [0.15, 0.2) is 0 Å². The van der Waals surface area contributed by atoms with Crippen molar-refractivity contribution in [2.24, 2.45) is 0 Å². The summed E-state index contributed by atoms with van der Waals surface area (Å²) in [6.45, 7) is 7.34. The Kier molecular flexibility index (Phi) is 5.99. The molecular weight excluding hydrogens is 370 g/mol. The van der Waals surface area contributed by atoms with Gasteiger partial charge in [-0.2, -0.15) is 4.31 Å². The van der Waals surface area contributed by atoms with Gasteiger partial charge in [-0.1, -0.05) is 63.2 Å². The molecule has 0 bridgehead atoms. The maximum atomic E-state index is 13.2. The van der Waals surface area contributed by atoms with Gasteiger partial charge in [0.05, 0.1) is 10.5 Å². The van der Waals surface area contributed by atoms with Gasteiger partial charge in [0, 0.05) is 20.2 Å². The van der Waals surface area contributed by atoms with Crippen LogP contribution in [0.25, 0.3) is 0 Å². The molecule has 152 valence electrons. The van der Waals surface area contributed by atoms with Gasteiger partial charge in [-0.3, -0.25) is 0 Å². The van der Waals surface area contributed by atoms with Gasteiger partial charge < -0.3 is 4.74 Å². The molecule has 4 nitrogen and oxygen atoms in total. The Morgan fingerprint density at radius 2 is 1.57 bits per heavy atom. The topological polar surface area (TPSA) is 46.6 Å². The van der Waals surface area contributed by atoms with E-state index in [2.05, 4.69) is 32.9 Å². The number of rotatable bonds is 4. The lowest BCUT2D eigenvalue weighted by molar-refractivity contribution is -0.0260. The van der Waals surface area contributed by atoms with Crippen LogP contribution in [0.4, 0.5) is 0 Å². The van der Waals surface area contributed by atoms with Crippen molar-refractivity contribution in [3.05, 3.63) is 65.7 Å². The SMILES string of the molecule is COC1(c2ccccc2)CCCN(S(=O)(=O)c2ccc(C(C)(C)C)cc2)CC1. The summed E-state index contributed by atoms with van der Waals surface area (Å²) in [7, 11) is -1.79. The summed E-state index contributed by atoms with van der Waals surface area (Å²) >= 11 is 0. The second-order valence-electron chi connectivity index (χ2n) is 8.60. The molecule has 2 aromatic rings. The molecule has 0 aliphatic carbocycles. The van der Waals surface area contributed by atoms with Gasteiger partial charge in [-0.05, 0) is 47.9 Å². The third-order valence-corrected chi connectivity index (χ3v) is 7.71. The summed E-state index contributed by atoms with van der Waals surface area (Å²) in [6.07, 6.45) is 2.22. The van der Waals surface area contributed by atoms with Crippen LogP contribution >= 0.6 is 0 Å². The van der Waals surface area contributed by atoms with Gasteiger partial charge >= 0.3 is 0 Å². The molecule has 1 atom stereocenters. The number of ether oxygens (including phenoxy) is 1. The van der Waals surface area contributed by atoms with E-state index in [9.17, 15) is 8.42 Å². The quantitative estimate of drug-likeness (QED) is 0.746. The van der Waals surface area contributed by atoms with Crippen LogP contribution in [0.3, 0.4) is 0 Å². The normalized spacial score (nSPS) is 22.0. The third kappa shape index (κ3) is 4.17. The summed E-state index contributed by atoms with van der Waals surface area (Å²) in [4.78, 5) is 0.366. The summed E-state index contributed by atoms with van der Waals surface area (Å²) in [5.41, 5.74) is 1.82. The van der Waals surface area contributed by atoms with Crippen molar-refractivity contribution in [1.82, 2.24) is 4.31 Å². The molecule has 0 amide bonds. The van der Waals surface area contributed by atoms with E-state index in [4.69, 9.17) is 4.74 Å². The standard InChI is InChI=1S/C23H31NO3S/c1-22(2,3)19-11-13-21(14-12-19)28(25,26)24-17-8-15-23(27-4,16-18-24)20-9-6-5-7-10-20/h5-7,9-14H,8,15-18H2,1-4H3. The highest BCUT2D eigenvalue weighted by atomic mass is 32.2. The van der Waals surface area contributed by atoms with E-state index in [-0.39, 0.29) is 5.41 Å². The Morgan fingerprint density at radius 3 is 2.14 bits per heavy atom. The molecule has 3 rings (SSSR count). The zero-order valence-corrected chi connectivity index (χ0v) is 18.1. The molecule has 1 saturated heterocycles. The molecule has 0 spiro atoms. The van der Waals surface area contributed by atoms with Crippen molar-refractivity contribution >= 4 is 10.0 Å². The van der Waals surface area contributed by atoms with Gasteiger partial charge in [0.2, 0.25) is 10.0 Å². The van der Waals surface area contributed by atoms with Crippen molar-refractivity contribution in [2.75, 3.05) is 20.2 Å². The van der Waals surface area contributed by atoms with Crippen LogP contribution in [0.2, 0.25) is 0 Å². The highest BCUT2D eigenvalue weighted by Crippen LogP contribution is 2.37. The predicted molar refractivity (Wildman–Crippen MR) is 113 cm³/mol. The number of hydrogen-bond donors (Lipinski definition) is 0. The Balaban J connectivity index is 1.83. The summed E-state index contributed by atoms with van der Waals surface area (Å²) < 4.78 is 34.0. The molecule has 0 N–H and O–H groups in total. The van der Waals surface area contributed by atoms with E-state index < -0.39 is 15.6 Å². The first kappa shape index (κ1) is 21.0. The number of hydrogen-bond acceptors (Lipinski definition) is 3. The van der Waals surface area contributed by atoms with Crippen molar-refractivity contribution in [2.45, 2.75) is 55.9 Å². The summed E-state index contributed by atoms with van der Waals surface area (Å²) in [5, 5.41) is 0. The molecule has 1 fully saturated rings. The molecule has 1 unspecified atom stereocenters. The fourth-order valence-corrected chi connectivity index (χ4v) is 5.43. The van der Waals surface area contributed by atoms with Crippen LogP contribution in [-0.4, -0.2) is 32.9 Å². The Labute approximate surface area is 169 Å². The van der Waals surface area contributed by atoms with Gasteiger partial charge in [-0.25, -0.2) is 8.42 Å². The van der Waals surface area contributed by atoms with Crippen molar-refractivity contribution in [3.8, 4) is 0 Å². The minimum Gasteiger partial charge on any atom is -0.373 e. The minimum atomic E-state index is -3.51. The molecule has 2 aromatic carbocycles. The average molecular weight is 402 g/mol. The molecule has 5 heteroatoms. The first-order valence-corrected chi connectivity index (χ1v) is 11.3. The molecule has 28 heavy (non-hydrogen) atoms. The minimum absolute atomic E-state index is 0.00134. The van der Waals surface area contributed by atoms with Crippen LogP contribution < -0.4 is 0 Å². The van der Waals surface area contributed by atoms with Crippen molar-refractivity contribution in [1.29, 1.82) is 0 Å². The molecule has 0 aromatic heterocycles. The molecule has 1 heterocycles. The first-order chi connectivity index (χ1) is 13.2. The van der Waals surface area contributed by atoms with Crippen LogP contribution in [-0.2, 0) is 25.8 Å². The second kappa shape index (κ2) is 7.97. The monoisotopic (exact) mass is 401 g/mol. The van der Waals surface area contributed by atoms with E-state index in [1.807, 2.05) is 30.3 Å². The van der Waals surface area contributed by atoms with Gasteiger partial charge in [-0.15, -0.1) is 0 Å². The predicted octanol–water partition coefficient (Wildman–Crippen LogP) is 4.70. The molecule has 0 saturated carbocycles. The Bertz CT molecular complexity index is 886. The highest BCUT2D eigenvalue weighted by molar-refractivity contribution is 7.89. The average Bonchev–Trinajstić information content (AvgIpc) is 2.92. The highest BCUT2D eigenvalue weighted by Gasteiger charge is 2.37. The van der Waals surface area contributed by atoms with Crippen molar-refractivity contribution in [3.63, 3.8) is 0 Å². The Morgan fingerprint density at radius 1 is 0.929 bits per heavy atom. The van der Waals surface area contributed by atoms with E-state index in [1.54, 1.807) is 23.5 Å². The van der Waals surface area contributed by atoms with Crippen LogP contribution in [0.15, 0.2) is 59.5 Å². The van der Waals surface area contributed by atoms with Gasteiger partial charge in [0.1, 0.15) is 0 Å². The first-order valence-electron chi connectivity index (χ1n) is 9.90. The lowest BCUT2D eigenvalue weighted by Crippen LogP contribution is -2.34. The maximum absolute atomic E-state index is 13.2. The number of nitrogens with zero attached hydrogens (tertiary/aromatic N) is 1. The van der Waals surface area contributed by atoms with Crippen LogP contribution in [0, 0.1) is 0 Å². The summed E-state index contributed by atoms with van der Waals surface area (Å²) in [6, 6.07) is 17.5. The molecular formula is C23H31NO3S. The fraction of sp³-hybridized carbons (Fsp3) is 0.478. The number of benzene rings is 2. The maximum Gasteiger partial charge on any atom is 0.243 e. The molecule has 1 aliphatic heterocycles. The van der Waals surface area contributed by atoms with E-state index in [0.717, 1.165) is 24.0 Å². The van der Waals surface area contributed by atoms with Crippen LogP contribution in [0.1, 0.15) is 51.2 Å². The fourth-order valence-electron chi connectivity index (χ4n) is 3.95. The smallest absolute Gasteiger partial charge is 0.243 e. The Hall–Kier alpha value is -1.69. The second-order valence-corrected chi connectivity index (χ2v) is 10.5. The largest absolute Gasteiger partial charge is 0.373 e. The molecule has 0 radical (unpaired) electrons. The van der Waals surface area contributed by atoms with E-state index in [0.29, 0.717) is 24.4 Å². The van der Waals surface area contributed by atoms with Gasteiger partial charge in [0.25, 0.3) is 0 Å². The zero-order valence-electron chi connectivity index (χ0n) is 17.3. The van der Waals surface area contributed by atoms with E-state index in [1.165, 1.54) is 0 Å². The summed E-state index contributed by atoms with van der Waals surface area (Å²) in [5.74, 6) is 0. The number of sulfonamides is 1. The van der Waals surface area contributed by atoms with E-state index >= 15 is 0 Å². The zero-order chi connectivity index (χ0) is 20.4. The van der Waals surface area contributed by atoms with Crippen molar-refractivity contribution < 1.29 is 13.2 Å². The lowest BCUT2D eigenvalue weighted by atomic mass is 9.86. The number of methoxy groups -OCH3 is 1. The molecule has 1 aliphatic rings.